The van der Waals surface area contributed by atoms with Crippen molar-refractivity contribution in [2.45, 2.75) is 32.7 Å². The summed E-state index contributed by atoms with van der Waals surface area (Å²) in [7, 11) is 0. The van der Waals surface area contributed by atoms with Gasteiger partial charge in [-0.2, -0.15) is 0 Å². The summed E-state index contributed by atoms with van der Waals surface area (Å²) in [5.41, 5.74) is 5.00. The zero-order valence-electron chi connectivity index (χ0n) is 13.9. The number of amides is 1. The van der Waals surface area contributed by atoms with Gasteiger partial charge in [0.15, 0.2) is 0 Å². The smallest absolute Gasteiger partial charge is 0.239 e. The highest BCUT2D eigenvalue weighted by Gasteiger charge is 2.21. The Morgan fingerprint density at radius 2 is 1.91 bits per heavy atom. The van der Waals surface area contributed by atoms with Gasteiger partial charge in [-0.15, -0.1) is 0 Å². The molecule has 0 unspecified atom stereocenters. The molecule has 23 heavy (non-hydrogen) atoms. The fourth-order valence-electron chi connectivity index (χ4n) is 3.16. The molecule has 0 saturated heterocycles. The number of rotatable bonds is 5. The Hall–Kier alpha value is -2.29. The highest BCUT2D eigenvalue weighted by molar-refractivity contribution is 5.82. The van der Waals surface area contributed by atoms with E-state index in [1.807, 2.05) is 13.0 Å². The zero-order chi connectivity index (χ0) is 16.2. The number of hydrogen-bond donors (Lipinski definition) is 1. The van der Waals surface area contributed by atoms with Crippen LogP contribution in [-0.4, -0.2) is 19.0 Å². The number of fused-ring (bicyclic) bond motifs is 1. The van der Waals surface area contributed by atoms with Gasteiger partial charge in [0, 0.05) is 12.2 Å². The van der Waals surface area contributed by atoms with E-state index >= 15 is 0 Å². The summed E-state index contributed by atoms with van der Waals surface area (Å²) in [6.45, 7) is 5.53. The molecule has 0 fully saturated rings. The maximum atomic E-state index is 12.4. The van der Waals surface area contributed by atoms with Crippen molar-refractivity contribution in [1.29, 1.82) is 0 Å². The second-order valence-electron chi connectivity index (χ2n) is 6.18. The maximum Gasteiger partial charge on any atom is 0.239 e. The van der Waals surface area contributed by atoms with E-state index in [9.17, 15) is 4.79 Å². The third-order valence-corrected chi connectivity index (χ3v) is 4.58. The molecule has 3 nitrogen and oxygen atoms in total. The summed E-state index contributed by atoms with van der Waals surface area (Å²) < 4.78 is 0. The number of anilines is 1. The fourth-order valence-corrected chi connectivity index (χ4v) is 3.16. The van der Waals surface area contributed by atoms with Crippen LogP contribution >= 0.6 is 0 Å². The van der Waals surface area contributed by atoms with Gasteiger partial charge in [-0.1, -0.05) is 49.4 Å². The SMILES string of the molecule is CCc1ccc([C@@H](C)NC(=O)CN2CCc3ccccc32)cc1. The molecule has 0 radical (unpaired) electrons. The van der Waals surface area contributed by atoms with E-state index in [4.69, 9.17) is 0 Å². The fraction of sp³-hybridized carbons (Fsp3) is 0.350. The Labute approximate surface area is 138 Å². The molecule has 1 heterocycles. The summed E-state index contributed by atoms with van der Waals surface area (Å²) in [6, 6.07) is 16.9. The molecule has 0 saturated carbocycles. The minimum Gasteiger partial charge on any atom is -0.362 e. The average molecular weight is 308 g/mol. The summed E-state index contributed by atoms with van der Waals surface area (Å²) in [5.74, 6) is 0.0776. The predicted molar refractivity (Wildman–Crippen MR) is 94.7 cm³/mol. The lowest BCUT2D eigenvalue weighted by molar-refractivity contribution is -0.120. The topological polar surface area (TPSA) is 32.3 Å². The third-order valence-electron chi connectivity index (χ3n) is 4.58. The molecule has 1 aliphatic rings. The zero-order valence-corrected chi connectivity index (χ0v) is 13.9. The van der Waals surface area contributed by atoms with Crippen molar-refractivity contribution in [2.75, 3.05) is 18.0 Å². The molecular weight excluding hydrogens is 284 g/mol. The Bertz CT molecular complexity index is 678. The molecule has 1 amide bonds. The van der Waals surface area contributed by atoms with Gasteiger partial charge in [-0.05, 0) is 42.5 Å². The minimum absolute atomic E-state index is 0.0336. The van der Waals surface area contributed by atoms with E-state index in [2.05, 4.69) is 59.6 Å². The van der Waals surface area contributed by atoms with Crippen LogP contribution in [0.5, 0.6) is 0 Å². The van der Waals surface area contributed by atoms with E-state index in [-0.39, 0.29) is 11.9 Å². The van der Waals surface area contributed by atoms with E-state index in [1.54, 1.807) is 0 Å². The van der Waals surface area contributed by atoms with Gasteiger partial charge < -0.3 is 10.2 Å². The number of hydrogen-bond acceptors (Lipinski definition) is 2. The molecule has 0 spiro atoms. The normalized spacial score (nSPS) is 14.4. The second-order valence-corrected chi connectivity index (χ2v) is 6.18. The number of carbonyl (C=O) groups excluding carboxylic acids is 1. The lowest BCUT2D eigenvalue weighted by atomic mass is 10.1. The van der Waals surface area contributed by atoms with Crippen molar-refractivity contribution < 1.29 is 4.79 Å². The minimum atomic E-state index is 0.0336. The van der Waals surface area contributed by atoms with Crippen LogP contribution < -0.4 is 10.2 Å². The van der Waals surface area contributed by atoms with Crippen molar-refractivity contribution in [1.82, 2.24) is 5.32 Å². The first-order chi connectivity index (χ1) is 11.2. The highest BCUT2D eigenvalue weighted by Crippen LogP contribution is 2.26. The van der Waals surface area contributed by atoms with Crippen molar-refractivity contribution in [3.63, 3.8) is 0 Å². The molecule has 1 aliphatic heterocycles. The number of benzene rings is 2. The van der Waals surface area contributed by atoms with Gasteiger partial charge >= 0.3 is 0 Å². The molecule has 0 aliphatic carbocycles. The Kier molecular flexibility index (Phi) is 4.65. The molecule has 0 aromatic heterocycles. The van der Waals surface area contributed by atoms with Crippen molar-refractivity contribution in [3.8, 4) is 0 Å². The number of nitrogens with one attached hydrogen (secondary N) is 1. The Morgan fingerprint density at radius 3 is 2.65 bits per heavy atom. The molecule has 0 bridgehead atoms. The predicted octanol–water partition coefficient (Wildman–Crippen LogP) is 3.49. The molecule has 1 N–H and O–H groups in total. The maximum absolute atomic E-state index is 12.4. The van der Waals surface area contributed by atoms with Crippen LogP contribution in [0.25, 0.3) is 0 Å². The monoisotopic (exact) mass is 308 g/mol. The van der Waals surface area contributed by atoms with Crippen LogP contribution in [0.3, 0.4) is 0 Å². The van der Waals surface area contributed by atoms with E-state index in [0.717, 1.165) is 24.9 Å². The van der Waals surface area contributed by atoms with Gasteiger partial charge in [0.05, 0.1) is 12.6 Å². The first-order valence-electron chi connectivity index (χ1n) is 8.38. The van der Waals surface area contributed by atoms with Crippen LogP contribution in [0.4, 0.5) is 5.69 Å². The Balaban J connectivity index is 1.59. The molecule has 3 heteroatoms. The number of nitrogens with zero attached hydrogens (tertiary/aromatic N) is 1. The summed E-state index contributed by atoms with van der Waals surface area (Å²) in [5, 5.41) is 3.11. The van der Waals surface area contributed by atoms with E-state index in [1.165, 1.54) is 16.8 Å². The van der Waals surface area contributed by atoms with Crippen molar-refractivity contribution in [2.24, 2.45) is 0 Å². The van der Waals surface area contributed by atoms with Gasteiger partial charge in [-0.25, -0.2) is 0 Å². The van der Waals surface area contributed by atoms with Gasteiger partial charge in [0.1, 0.15) is 0 Å². The first kappa shape index (κ1) is 15.6. The van der Waals surface area contributed by atoms with E-state index in [0.29, 0.717) is 6.54 Å². The first-order valence-corrected chi connectivity index (χ1v) is 8.38. The summed E-state index contributed by atoms with van der Waals surface area (Å²) >= 11 is 0. The van der Waals surface area contributed by atoms with E-state index < -0.39 is 0 Å². The quantitative estimate of drug-likeness (QED) is 0.917. The van der Waals surface area contributed by atoms with Crippen molar-refractivity contribution in [3.05, 3.63) is 65.2 Å². The van der Waals surface area contributed by atoms with Gasteiger partial charge in [0.2, 0.25) is 5.91 Å². The number of carbonyl (C=O) groups is 1. The molecule has 1 atom stereocenters. The van der Waals surface area contributed by atoms with Crippen LogP contribution in [0.15, 0.2) is 48.5 Å². The Morgan fingerprint density at radius 1 is 1.17 bits per heavy atom. The third kappa shape index (κ3) is 3.55. The standard InChI is InChI=1S/C20H24N2O/c1-3-16-8-10-17(11-9-16)15(2)21-20(23)14-22-13-12-18-6-4-5-7-19(18)22/h4-11,15H,3,12-14H2,1-2H3,(H,21,23)/t15-/m1/s1. The molecule has 2 aromatic rings. The number of para-hydroxylation sites is 1. The largest absolute Gasteiger partial charge is 0.362 e. The summed E-state index contributed by atoms with van der Waals surface area (Å²) in [6.07, 6.45) is 2.06. The van der Waals surface area contributed by atoms with Crippen molar-refractivity contribution >= 4 is 11.6 Å². The van der Waals surface area contributed by atoms with Crippen LogP contribution in [0, 0.1) is 0 Å². The number of aryl methyl sites for hydroxylation is 1. The molecule has 120 valence electrons. The van der Waals surface area contributed by atoms with Crippen LogP contribution in [0.2, 0.25) is 0 Å². The molecular formula is C20H24N2O. The lowest BCUT2D eigenvalue weighted by Crippen LogP contribution is -2.37. The van der Waals surface area contributed by atoms with Crippen LogP contribution in [0.1, 0.15) is 36.6 Å². The average Bonchev–Trinajstić information content (AvgIpc) is 2.98. The molecule has 3 rings (SSSR count). The second kappa shape index (κ2) is 6.86. The van der Waals surface area contributed by atoms with Crippen LogP contribution in [-0.2, 0) is 17.6 Å². The molecule has 2 aromatic carbocycles. The highest BCUT2D eigenvalue weighted by atomic mass is 16.2. The lowest BCUT2D eigenvalue weighted by Gasteiger charge is -2.21. The van der Waals surface area contributed by atoms with Gasteiger partial charge in [-0.3, -0.25) is 4.79 Å². The summed E-state index contributed by atoms with van der Waals surface area (Å²) in [4.78, 5) is 14.5. The van der Waals surface area contributed by atoms with Gasteiger partial charge in [0.25, 0.3) is 0 Å².